The van der Waals surface area contributed by atoms with Gasteiger partial charge in [0.25, 0.3) is 11.8 Å². The molecule has 1 atom stereocenters. The van der Waals surface area contributed by atoms with Crippen LogP contribution in [0.1, 0.15) is 0 Å². The number of amides is 3. The summed E-state index contributed by atoms with van der Waals surface area (Å²) in [6, 6.07) is 8.52. The minimum absolute atomic E-state index is 0.134. The van der Waals surface area contributed by atoms with Gasteiger partial charge in [-0.15, -0.1) is 0 Å². The van der Waals surface area contributed by atoms with Crippen molar-refractivity contribution in [2.75, 3.05) is 10.2 Å². The molecule has 1 aliphatic rings. The predicted molar refractivity (Wildman–Crippen MR) is 109 cm³/mol. The Morgan fingerprint density at radius 3 is 2.14 bits per heavy atom. The average Bonchev–Trinajstić information content (AvgIpc) is 2.90. The second kappa shape index (κ2) is 7.97. The van der Waals surface area contributed by atoms with Gasteiger partial charge >= 0.3 is 0 Å². The second-order valence-corrected chi connectivity index (χ2v) is 7.27. The number of imide groups is 1. The molecule has 3 amide bonds. The third kappa shape index (κ3) is 3.66. The fourth-order valence-electron chi connectivity index (χ4n) is 2.61. The van der Waals surface area contributed by atoms with Gasteiger partial charge in [0, 0.05) is 5.69 Å². The summed E-state index contributed by atoms with van der Waals surface area (Å²) in [4.78, 5) is 38.9. The zero-order valence-corrected chi connectivity index (χ0v) is 16.8. The van der Waals surface area contributed by atoms with Crippen LogP contribution in [0.4, 0.5) is 11.4 Å². The SMILES string of the molecule is N/N=C1/C(=O)N(c2ccc(Cl)c(Cl)c2)C(=O)C1C(=O)Nc1ccc(Cl)c(Cl)c1. The molecule has 0 spiro atoms. The van der Waals surface area contributed by atoms with Gasteiger partial charge in [0.1, 0.15) is 5.71 Å². The number of hydrazone groups is 1. The molecule has 3 rings (SSSR count). The Bertz CT molecular complexity index is 1040. The molecule has 2 aromatic rings. The first-order valence-electron chi connectivity index (χ1n) is 7.61. The van der Waals surface area contributed by atoms with Gasteiger partial charge in [-0.2, -0.15) is 5.10 Å². The Kier molecular flexibility index (Phi) is 5.81. The monoisotopic (exact) mass is 458 g/mol. The van der Waals surface area contributed by atoms with E-state index in [1.807, 2.05) is 0 Å². The Labute approximate surface area is 179 Å². The number of halogens is 4. The number of benzene rings is 2. The van der Waals surface area contributed by atoms with E-state index < -0.39 is 29.4 Å². The molecule has 1 saturated heterocycles. The average molecular weight is 460 g/mol. The molecule has 0 aromatic heterocycles. The molecule has 0 radical (unpaired) electrons. The summed E-state index contributed by atoms with van der Waals surface area (Å²) < 4.78 is 0. The summed E-state index contributed by atoms with van der Waals surface area (Å²) in [5.41, 5.74) is 0.00743. The summed E-state index contributed by atoms with van der Waals surface area (Å²) in [7, 11) is 0. The highest BCUT2D eigenvalue weighted by molar-refractivity contribution is 6.61. The second-order valence-electron chi connectivity index (χ2n) is 5.64. The zero-order valence-electron chi connectivity index (χ0n) is 13.7. The molecular weight excluding hydrogens is 450 g/mol. The summed E-state index contributed by atoms with van der Waals surface area (Å²) in [5, 5.41) is 6.72. The van der Waals surface area contributed by atoms with E-state index in [0.717, 1.165) is 4.90 Å². The van der Waals surface area contributed by atoms with E-state index in [4.69, 9.17) is 52.2 Å². The van der Waals surface area contributed by atoms with Crippen molar-refractivity contribution in [3.8, 4) is 0 Å². The van der Waals surface area contributed by atoms with Crippen molar-refractivity contribution >= 4 is 81.2 Å². The highest BCUT2D eigenvalue weighted by Gasteiger charge is 2.50. The van der Waals surface area contributed by atoms with Crippen LogP contribution in [0, 0.1) is 5.92 Å². The van der Waals surface area contributed by atoms with Gasteiger partial charge in [0.15, 0.2) is 5.92 Å². The molecule has 0 aliphatic carbocycles. The van der Waals surface area contributed by atoms with E-state index in [9.17, 15) is 14.4 Å². The van der Waals surface area contributed by atoms with Crippen LogP contribution in [0.15, 0.2) is 41.5 Å². The largest absolute Gasteiger partial charge is 0.325 e. The molecule has 7 nitrogen and oxygen atoms in total. The molecule has 1 fully saturated rings. The van der Waals surface area contributed by atoms with Crippen molar-refractivity contribution in [2.45, 2.75) is 0 Å². The molecule has 28 heavy (non-hydrogen) atoms. The van der Waals surface area contributed by atoms with Crippen LogP contribution in [-0.2, 0) is 14.4 Å². The number of nitrogens with one attached hydrogen (secondary N) is 1. The molecule has 1 unspecified atom stereocenters. The predicted octanol–water partition coefficient (Wildman–Crippen LogP) is 3.74. The molecule has 0 saturated carbocycles. The van der Waals surface area contributed by atoms with Crippen molar-refractivity contribution in [3.05, 3.63) is 56.5 Å². The fourth-order valence-corrected chi connectivity index (χ4v) is 3.20. The van der Waals surface area contributed by atoms with Gasteiger partial charge in [0.05, 0.1) is 25.8 Å². The minimum atomic E-state index is -1.54. The van der Waals surface area contributed by atoms with E-state index in [1.165, 1.54) is 36.4 Å². The normalized spacial score (nSPS) is 18.1. The molecular formula is C17H10Cl4N4O3. The van der Waals surface area contributed by atoms with Gasteiger partial charge in [-0.1, -0.05) is 46.4 Å². The summed E-state index contributed by atoms with van der Waals surface area (Å²) in [6.07, 6.45) is 0. The Morgan fingerprint density at radius 2 is 1.57 bits per heavy atom. The number of carbonyl (C=O) groups excluding carboxylic acids is 3. The number of nitrogens with zero attached hydrogens (tertiary/aromatic N) is 2. The fraction of sp³-hybridized carbons (Fsp3) is 0.0588. The van der Waals surface area contributed by atoms with Crippen LogP contribution in [-0.4, -0.2) is 23.4 Å². The van der Waals surface area contributed by atoms with Crippen LogP contribution in [0.2, 0.25) is 20.1 Å². The molecule has 2 aromatic carbocycles. The lowest BCUT2D eigenvalue weighted by Gasteiger charge is -2.15. The number of nitrogens with two attached hydrogens (primary N) is 1. The number of carbonyl (C=O) groups is 3. The first-order chi connectivity index (χ1) is 13.2. The number of hydrogen-bond acceptors (Lipinski definition) is 5. The Balaban J connectivity index is 1.93. The van der Waals surface area contributed by atoms with Crippen LogP contribution >= 0.6 is 46.4 Å². The topological polar surface area (TPSA) is 105 Å². The maximum absolute atomic E-state index is 12.8. The molecule has 0 bridgehead atoms. The number of hydrogen-bond donors (Lipinski definition) is 2. The van der Waals surface area contributed by atoms with Crippen LogP contribution < -0.4 is 16.1 Å². The first kappa shape index (κ1) is 20.4. The number of rotatable bonds is 3. The van der Waals surface area contributed by atoms with Crippen LogP contribution in [0.25, 0.3) is 0 Å². The quantitative estimate of drug-likeness (QED) is 0.315. The van der Waals surface area contributed by atoms with Crippen molar-refractivity contribution in [3.63, 3.8) is 0 Å². The van der Waals surface area contributed by atoms with E-state index in [0.29, 0.717) is 5.02 Å². The van der Waals surface area contributed by atoms with Crippen LogP contribution in [0.5, 0.6) is 0 Å². The lowest BCUT2D eigenvalue weighted by atomic mass is 10.1. The maximum atomic E-state index is 12.8. The molecule has 1 heterocycles. The smallest absolute Gasteiger partial charge is 0.282 e. The summed E-state index contributed by atoms with van der Waals surface area (Å²) in [5.74, 6) is 1.26. The lowest BCUT2D eigenvalue weighted by molar-refractivity contribution is -0.127. The summed E-state index contributed by atoms with van der Waals surface area (Å²) in [6.45, 7) is 0. The van der Waals surface area contributed by atoms with Crippen molar-refractivity contribution in [1.82, 2.24) is 0 Å². The number of anilines is 2. The molecule has 144 valence electrons. The molecule has 1 aliphatic heterocycles. The Morgan fingerprint density at radius 1 is 0.964 bits per heavy atom. The van der Waals surface area contributed by atoms with Crippen molar-refractivity contribution in [2.24, 2.45) is 16.9 Å². The van der Waals surface area contributed by atoms with Gasteiger partial charge < -0.3 is 11.2 Å². The highest BCUT2D eigenvalue weighted by atomic mass is 35.5. The third-order valence-corrected chi connectivity index (χ3v) is 5.39. The molecule has 3 N–H and O–H groups in total. The Hall–Kier alpha value is -2.32. The van der Waals surface area contributed by atoms with Gasteiger partial charge in [-0.05, 0) is 36.4 Å². The van der Waals surface area contributed by atoms with Gasteiger partial charge in [-0.25, -0.2) is 4.90 Å². The highest BCUT2D eigenvalue weighted by Crippen LogP contribution is 2.32. The lowest BCUT2D eigenvalue weighted by Crippen LogP contribution is -2.34. The van der Waals surface area contributed by atoms with E-state index >= 15 is 0 Å². The zero-order chi connectivity index (χ0) is 20.6. The van der Waals surface area contributed by atoms with E-state index in [-0.39, 0.29) is 26.4 Å². The van der Waals surface area contributed by atoms with Crippen LogP contribution in [0.3, 0.4) is 0 Å². The van der Waals surface area contributed by atoms with E-state index in [2.05, 4.69) is 10.4 Å². The van der Waals surface area contributed by atoms with Crippen molar-refractivity contribution < 1.29 is 14.4 Å². The van der Waals surface area contributed by atoms with Crippen molar-refractivity contribution in [1.29, 1.82) is 0 Å². The summed E-state index contributed by atoms with van der Waals surface area (Å²) >= 11 is 23.6. The van der Waals surface area contributed by atoms with E-state index in [1.54, 1.807) is 0 Å². The molecule has 11 heteroatoms. The maximum Gasteiger partial charge on any atom is 0.282 e. The standard InChI is InChI=1S/C17H10Cl4N4O3/c18-9-3-1-7(5-11(9)20)23-15(26)13-14(24-22)17(28)25(16(13)27)8-2-4-10(19)12(21)6-8/h1-6,13H,22H2,(H,23,26)/b24-14+. The van der Waals surface area contributed by atoms with Gasteiger partial charge in [0.2, 0.25) is 5.91 Å². The first-order valence-corrected chi connectivity index (χ1v) is 9.12. The third-order valence-electron chi connectivity index (χ3n) is 3.91. The van der Waals surface area contributed by atoms with Gasteiger partial charge in [-0.3, -0.25) is 14.4 Å². The minimum Gasteiger partial charge on any atom is -0.325 e.